The Morgan fingerprint density at radius 2 is 1.84 bits per heavy atom. The highest BCUT2D eigenvalue weighted by Gasteiger charge is 2.51. The van der Waals surface area contributed by atoms with Gasteiger partial charge in [-0.25, -0.2) is 8.42 Å². The van der Waals surface area contributed by atoms with E-state index in [2.05, 4.69) is 0 Å². The third-order valence-corrected chi connectivity index (χ3v) is 6.69. The van der Waals surface area contributed by atoms with E-state index < -0.39 is 15.8 Å². The van der Waals surface area contributed by atoms with Crippen LogP contribution in [-0.4, -0.2) is 25.7 Å². The normalized spacial score (nSPS) is 36.9. The molecule has 5 heteroatoms. The maximum atomic E-state index is 12.3. The number of hydrogen-bond donors (Lipinski definition) is 0. The van der Waals surface area contributed by atoms with Crippen molar-refractivity contribution in [3.05, 3.63) is 22.1 Å². The van der Waals surface area contributed by atoms with Crippen LogP contribution in [0.2, 0.25) is 0 Å². The number of fused-ring (bicyclic) bond motifs is 3. The Bertz CT molecular complexity index is 651. The number of sulfone groups is 1. The number of carbonyl (C=O) groups is 2. The summed E-state index contributed by atoms with van der Waals surface area (Å²) in [7, 11) is -3.21. The van der Waals surface area contributed by atoms with Crippen molar-refractivity contribution < 1.29 is 18.0 Å². The first-order chi connectivity index (χ1) is 8.83. The first kappa shape index (κ1) is 12.8. The molecule has 0 amide bonds. The summed E-state index contributed by atoms with van der Waals surface area (Å²) in [6.45, 7) is 3.43. The van der Waals surface area contributed by atoms with Crippen molar-refractivity contribution in [3.8, 4) is 0 Å². The minimum atomic E-state index is -3.21. The molecule has 1 fully saturated rings. The molecule has 1 heterocycles. The molecule has 0 unspecified atom stereocenters. The molecule has 3 rings (SSSR count). The molecule has 0 aromatic rings. The number of rotatable bonds is 0. The minimum Gasteiger partial charge on any atom is -0.294 e. The second-order valence-corrected chi connectivity index (χ2v) is 7.87. The molecule has 102 valence electrons. The van der Waals surface area contributed by atoms with Crippen molar-refractivity contribution in [3.63, 3.8) is 0 Å². The van der Waals surface area contributed by atoms with E-state index in [0.717, 1.165) is 5.57 Å². The van der Waals surface area contributed by atoms with Crippen LogP contribution >= 0.6 is 0 Å². The average molecular weight is 280 g/mol. The van der Waals surface area contributed by atoms with E-state index in [9.17, 15) is 18.0 Å². The number of allylic oxidation sites excluding steroid dienone is 4. The topological polar surface area (TPSA) is 68.3 Å². The molecule has 0 saturated carbocycles. The molecule has 19 heavy (non-hydrogen) atoms. The Kier molecular flexibility index (Phi) is 2.61. The molecule has 0 aromatic heterocycles. The summed E-state index contributed by atoms with van der Waals surface area (Å²) in [5, 5.41) is 0. The summed E-state index contributed by atoms with van der Waals surface area (Å²) in [5.41, 5.74) is 1.24. The maximum absolute atomic E-state index is 12.3. The Hall–Kier alpha value is -1.23. The number of ketones is 2. The van der Waals surface area contributed by atoms with Crippen molar-refractivity contribution in [1.82, 2.24) is 0 Å². The first-order valence-electron chi connectivity index (χ1n) is 6.51. The van der Waals surface area contributed by atoms with Crippen LogP contribution in [0.1, 0.15) is 26.7 Å². The third-order valence-electron chi connectivity index (χ3n) is 4.60. The van der Waals surface area contributed by atoms with Gasteiger partial charge in [-0.3, -0.25) is 9.59 Å². The lowest BCUT2D eigenvalue weighted by atomic mass is 9.65. The van der Waals surface area contributed by atoms with Gasteiger partial charge in [-0.15, -0.1) is 0 Å². The van der Waals surface area contributed by atoms with Crippen LogP contribution in [-0.2, 0) is 19.4 Å². The van der Waals surface area contributed by atoms with Gasteiger partial charge in [0.15, 0.2) is 21.4 Å². The molecule has 0 radical (unpaired) electrons. The quantitative estimate of drug-likeness (QED) is 0.673. The molecule has 1 aliphatic heterocycles. The lowest BCUT2D eigenvalue weighted by molar-refractivity contribution is -0.131. The van der Waals surface area contributed by atoms with Crippen LogP contribution < -0.4 is 0 Å². The van der Waals surface area contributed by atoms with E-state index >= 15 is 0 Å². The molecule has 1 saturated heterocycles. The summed E-state index contributed by atoms with van der Waals surface area (Å²) in [6, 6.07) is 0. The van der Waals surface area contributed by atoms with Crippen LogP contribution in [0, 0.1) is 17.8 Å². The Morgan fingerprint density at radius 1 is 1.16 bits per heavy atom. The van der Waals surface area contributed by atoms with Crippen molar-refractivity contribution in [1.29, 1.82) is 0 Å². The van der Waals surface area contributed by atoms with Crippen LogP contribution in [0.5, 0.6) is 0 Å². The molecule has 2 aliphatic carbocycles. The second kappa shape index (κ2) is 3.88. The van der Waals surface area contributed by atoms with E-state index in [-0.39, 0.29) is 29.2 Å². The van der Waals surface area contributed by atoms with Crippen molar-refractivity contribution in [2.45, 2.75) is 26.7 Å². The summed E-state index contributed by atoms with van der Waals surface area (Å²) in [5.74, 6) is -1.03. The predicted octanol–water partition coefficient (Wildman–Crippen LogP) is 1.43. The fourth-order valence-corrected chi connectivity index (χ4v) is 5.94. The van der Waals surface area contributed by atoms with Crippen LogP contribution in [0.25, 0.3) is 0 Å². The summed E-state index contributed by atoms with van der Waals surface area (Å²) < 4.78 is 24.2. The zero-order valence-corrected chi connectivity index (χ0v) is 11.8. The van der Waals surface area contributed by atoms with Gasteiger partial charge < -0.3 is 0 Å². The molecular weight excluding hydrogens is 264 g/mol. The van der Waals surface area contributed by atoms with E-state index in [1.807, 2.05) is 0 Å². The van der Waals surface area contributed by atoms with Gasteiger partial charge in [0.2, 0.25) is 0 Å². The van der Waals surface area contributed by atoms with Crippen LogP contribution in [0.15, 0.2) is 22.1 Å². The Morgan fingerprint density at radius 3 is 2.53 bits per heavy atom. The summed E-state index contributed by atoms with van der Waals surface area (Å²) in [4.78, 5) is 24.9. The second-order valence-electron chi connectivity index (χ2n) is 5.79. The standard InChI is InChI=1S/C14H16O4S/c1-7-6-11(15)10-5-8(2)14-9(12(10)13(7)16)3-4-19(14,17)18/h6,9-10,12H,3-5H2,1-2H3/t9-,10-,12+/m0/s1. The largest absolute Gasteiger partial charge is 0.294 e. The third kappa shape index (κ3) is 1.67. The highest BCUT2D eigenvalue weighted by Crippen LogP contribution is 2.49. The van der Waals surface area contributed by atoms with E-state index in [0.29, 0.717) is 23.3 Å². The van der Waals surface area contributed by atoms with Gasteiger partial charge in [0.05, 0.1) is 5.75 Å². The van der Waals surface area contributed by atoms with Crippen molar-refractivity contribution in [2.75, 3.05) is 5.75 Å². The SMILES string of the molecule is CC1=CC(=O)[C@@H]2CC(C)=C3[C@@H](CCS3(=O)=O)[C@H]2C1=O. The smallest absolute Gasteiger partial charge is 0.174 e. The fraction of sp³-hybridized carbons (Fsp3) is 0.571. The average Bonchev–Trinajstić information content (AvgIpc) is 2.63. The van der Waals surface area contributed by atoms with Crippen LogP contribution in [0.4, 0.5) is 0 Å². The van der Waals surface area contributed by atoms with E-state index in [1.54, 1.807) is 13.8 Å². The monoisotopic (exact) mass is 280 g/mol. The molecule has 0 N–H and O–H groups in total. The molecule has 0 bridgehead atoms. The molecule has 4 nitrogen and oxygen atoms in total. The Balaban J connectivity index is 2.16. The lowest BCUT2D eigenvalue weighted by Gasteiger charge is -2.37. The molecule has 3 aliphatic rings. The zero-order valence-electron chi connectivity index (χ0n) is 11.0. The van der Waals surface area contributed by atoms with Crippen LogP contribution in [0.3, 0.4) is 0 Å². The predicted molar refractivity (Wildman–Crippen MR) is 70.0 cm³/mol. The number of hydrogen-bond acceptors (Lipinski definition) is 4. The van der Waals surface area contributed by atoms with Gasteiger partial charge in [-0.05, 0) is 38.3 Å². The zero-order chi connectivity index (χ0) is 13.9. The minimum absolute atomic E-state index is 0.0233. The maximum Gasteiger partial charge on any atom is 0.174 e. The molecular formula is C14H16O4S. The van der Waals surface area contributed by atoms with Gasteiger partial charge >= 0.3 is 0 Å². The highest BCUT2D eigenvalue weighted by atomic mass is 32.2. The van der Waals surface area contributed by atoms with Gasteiger partial charge in [-0.1, -0.05) is 5.57 Å². The van der Waals surface area contributed by atoms with Gasteiger partial charge in [0.1, 0.15) is 0 Å². The van der Waals surface area contributed by atoms with Gasteiger partial charge in [-0.2, -0.15) is 0 Å². The molecule has 3 atom stereocenters. The van der Waals surface area contributed by atoms with Gasteiger partial charge in [0.25, 0.3) is 0 Å². The van der Waals surface area contributed by atoms with Crippen molar-refractivity contribution >= 4 is 21.4 Å². The summed E-state index contributed by atoms with van der Waals surface area (Å²) >= 11 is 0. The summed E-state index contributed by atoms with van der Waals surface area (Å²) in [6.07, 6.45) is 2.30. The molecule has 0 spiro atoms. The van der Waals surface area contributed by atoms with Crippen molar-refractivity contribution in [2.24, 2.45) is 17.8 Å². The number of Topliss-reactive ketones (excluding diaryl/α,β-unsaturated/α-hetero) is 1. The first-order valence-corrected chi connectivity index (χ1v) is 8.17. The lowest BCUT2D eigenvalue weighted by Crippen LogP contribution is -2.41. The fourth-order valence-electron chi connectivity index (χ4n) is 3.81. The van der Waals surface area contributed by atoms with E-state index in [4.69, 9.17) is 0 Å². The Labute approximate surface area is 112 Å². The number of carbonyl (C=O) groups excluding carboxylic acids is 2. The molecule has 0 aromatic carbocycles. The van der Waals surface area contributed by atoms with E-state index in [1.165, 1.54) is 6.08 Å². The highest BCUT2D eigenvalue weighted by molar-refractivity contribution is 7.95. The van der Waals surface area contributed by atoms with Gasteiger partial charge in [0, 0.05) is 22.7 Å².